The molecule has 4 atom stereocenters. The molecule has 8 nitrogen and oxygen atoms in total. The Kier molecular flexibility index (Phi) is 4.81. The van der Waals surface area contributed by atoms with Crippen molar-refractivity contribution >= 4 is 22.6 Å². The van der Waals surface area contributed by atoms with Crippen molar-refractivity contribution in [3.63, 3.8) is 0 Å². The molecule has 3 fully saturated rings. The van der Waals surface area contributed by atoms with Crippen LogP contribution in [0.1, 0.15) is 31.9 Å². The first-order valence-electron chi connectivity index (χ1n) is 10.0. The highest BCUT2D eigenvalue weighted by atomic mass is 35.5. The van der Waals surface area contributed by atoms with Gasteiger partial charge in [-0.05, 0) is 51.4 Å². The Morgan fingerprint density at radius 3 is 2.86 bits per heavy atom. The van der Waals surface area contributed by atoms with Gasteiger partial charge in [-0.2, -0.15) is 0 Å². The van der Waals surface area contributed by atoms with Gasteiger partial charge in [-0.3, -0.25) is 4.90 Å². The fourth-order valence-corrected chi connectivity index (χ4v) is 5.40. The van der Waals surface area contributed by atoms with Gasteiger partial charge in [0.2, 0.25) is 0 Å². The van der Waals surface area contributed by atoms with E-state index < -0.39 is 24.5 Å². The van der Waals surface area contributed by atoms with Gasteiger partial charge in [0.1, 0.15) is 35.4 Å². The molecule has 9 heteroatoms. The van der Waals surface area contributed by atoms with Crippen LogP contribution < -0.4 is 5.32 Å². The van der Waals surface area contributed by atoms with Crippen molar-refractivity contribution < 1.29 is 14.9 Å². The van der Waals surface area contributed by atoms with Crippen LogP contribution in [0.4, 0.5) is 0 Å². The molecule has 28 heavy (non-hydrogen) atoms. The number of hydrogen-bond acceptors (Lipinski definition) is 7. The smallest absolute Gasteiger partial charge is 0.164 e. The van der Waals surface area contributed by atoms with Gasteiger partial charge in [-0.1, -0.05) is 11.6 Å². The zero-order chi connectivity index (χ0) is 19.3. The summed E-state index contributed by atoms with van der Waals surface area (Å²) >= 11 is 6.14. The van der Waals surface area contributed by atoms with E-state index in [0.717, 1.165) is 32.5 Å². The van der Waals surface area contributed by atoms with Gasteiger partial charge < -0.3 is 24.8 Å². The highest BCUT2D eigenvalue weighted by Gasteiger charge is 2.48. The van der Waals surface area contributed by atoms with Crippen LogP contribution in [0.2, 0.25) is 5.15 Å². The summed E-state index contributed by atoms with van der Waals surface area (Å²) in [5.41, 5.74) is 0.797. The van der Waals surface area contributed by atoms with Crippen molar-refractivity contribution in [2.45, 2.75) is 55.8 Å². The van der Waals surface area contributed by atoms with Crippen LogP contribution in [-0.2, 0) is 4.74 Å². The van der Waals surface area contributed by atoms with Gasteiger partial charge in [-0.25, -0.2) is 9.97 Å². The molecule has 2 aromatic rings. The quantitative estimate of drug-likeness (QED) is 0.651. The molecule has 5 heterocycles. The third kappa shape index (κ3) is 2.94. The fraction of sp³-hybridized carbons (Fsp3) is 0.684. The first-order chi connectivity index (χ1) is 13.6. The summed E-state index contributed by atoms with van der Waals surface area (Å²) in [6.07, 6.45) is 4.67. The van der Waals surface area contributed by atoms with E-state index in [9.17, 15) is 10.2 Å². The number of nitrogens with zero attached hydrogens (tertiary/aromatic N) is 4. The molecule has 3 aliphatic heterocycles. The molecule has 0 aromatic carbocycles. The zero-order valence-corrected chi connectivity index (χ0v) is 16.4. The number of aliphatic hydroxyl groups excluding tert-OH is 2. The Hall–Kier alpha value is -1.29. The fourth-order valence-electron chi connectivity index (χ4n) is 5.21. The molecule has 3 saturated heterocycles. The van der Waals surface area contributed by atoms with E-state index in [-0.39, 0.29) is 5.54 Å². The topological polar surface area (TPSA) is 95.7 Å². The third-order valence-corrected chi connectivity index (χ3v) is 7.05. The molecule has 0 unspecified atom stereocenters. The highest BCUT2D eigenvalue weighted by molar-refractivity contribution is 6.33. The van der Waals surface area contributed by atoms with Crippen molar-refractivity contribution in [3.8, 4) is 0 Å². The van der Waals surface area contributed by atoms with Crippen molar-refractivity contribution in [2.75, 3.05) is 26.2 Å². The molecule has 3 N–H and O–H groups in total. The molecule has 0 saturated carbocycles. The molecule has 0 aliphatic carbocycles. The van der Waals surface area contributed by atoms with E-state index in [1.54, 1.807) is 16.8 Å². The molecule has 1 spiro atoms. The summed E-state index contributed by atoms with van der Waals surface area (Å²) in [6.45, 7) is 3.71. The zero-order valence-electron chi connectivity index (χ0n) is 15.7. The number of nitrogens with one attached hydrogen (secondary N) is 1. The molecule has 0 amide bonds. The largest absolute Gasteiger partial charge is 0.387 e. The van der Waals surface area contributed by atoms with Crippen molar-refractivity contribution in [3.05, 3.63) is 23.7 Å². The maximum Gasteiger partial charge on any atom is 0.164 e. The predicted molar refractivity (Wildman–Crippen MR) is 104 cm³/mol. The minimum absolute atomic E-state index is 0.207. The number of ether oxygens (including phenoxy) is 1. The number of halogens is 1. The van der Waals surface area contributed by atoms with E-state index in [2.05, 4.69) is 20.2 Å². The maximum absolute atomic E-state index is 10.7. The second-order valence-electron chi connectivity index (χ2n) is 8.19. The SMILES string of the molecule is O[C@@H]1[C@H](O)[C@@H](CN2CCCC23CCNCC3)O[C@H]1n1ccc2c(Cl)ncnc21. The molecule has 0 radical (unpaired) electrons. The molecule has 3 aliphatic rings. The van der Waals surface area contributed by atoms with Crippen molar-refractivity contribution in [2.24, 2.45) is 0 Å². The lowest BCUT2D eigenvalue weighted by atomic mass is 9.85. The number of piperidine rings is 1. The summed E-state index contributed by atoms with van der Waals surface area (Å²) in [5.74, 6) is 0. The third-order valence-electron chi connectivity index (χ3n) is 6.75. The predicted octanol–water partition coefficient (Wildman–Crippen LogP) is 0.922. The van der Waals surface area contributed by atoms with Crippen LogP contribution in [0, 0.1) is 0 Å². The Morgan fingerprint density at radius 1 is 1.21 bits per heavy atom. The van der Waals surface area contributed by atoms with Crippen LogP contribution in [0.15, 0.2) is 18.6 Å². The molecular formula is C19H26ClN5O3. The maximum atomic E-state index is 10.7. The Balaban J connectivity index is 1.37. The average molecular weight is 408 g/mol. The van der Waals surface area contributed by atoms with Gasteiger partial charge in [-0.15, -0.1) is 0 Å². The normalized spacial score (nSPS) is 33.2. The second-order valence-corrected chi connectivity index (χ2v) is 8.55. The van der Waals surface area contributed by atoms with E-state index in [1.165, 1.54) is 19.2 Å². The standard InChI is InChI=1S/C19H26ClN5O3/c20-16-12-2-9-25(17(12)23-11-22-16)18-15(27)14(26)13(28-18)10-24-8-1-3-19(24)4-6-21-7-5-19/h2,9,11,13-15,18,21,26-27H,1,3-8,10H2/t13-,14-,15-,18-/m1/s1. The van der Waals surface area contributed by atoms with E-state index in [4.69, 9.17) is 16.3 Å². The van der Waals surface area contributed by atoms with Crippen LogP contribution in [0.25, 0.3) is 11.0 Å². The monoisotopic (exact) mass is 407 g/mol. The van der Waals surface area contributed by atoms with E-state index in [1.807, 2.05) is 0 Å². The lowest BCUT2D eigenvalue weighted by Crippen LogP contribution is -2.54. The van der Waals surface area contributed by atoms with Crippen molar-refractivity contribution in [1.29, 1.82) is 0 Å². The molecule has 2 aromatic heterocycles. The summed E-state index contributed by atoms with van der Waals surface area (Å²) in [4.78, 5) is 10.7. The first kappa shape index (κ1) is 18.7. The molecular weight excluding hydrogens is 382 g/mol. The molecule has 5 rings (SSSR count). The second kappa shape index (κ2) is 7.19. The Bertz CT molecular complexity index is 855. The number of likely N-dealkylation sites (tertiary alicyclic amines) is 1. The minimum Gasteiger partial charge on any atom is -0.387 e. The van der Waals surface area contributed by atoms with Crippen LogP contribution in [0.5, 0.6) is 0 Å². The summed E-state index contributed by atoms with van der Waals surface area (Å²) in [7, 11) is 0. The number of rotatable bonds is 3. The first-order valence-corrected chi connectivity index (χ1v) is 10.4. The molecule has 152 valence electrons. The van der Waals surface area contributed by atoms with Gasteiger partial charge >= 0.3 is 0 Å². The number of aliphatic hydroxyl groups is 2. The van der Waals surface area contributed by atoms with Crippen molar-refractivity contribution in [1.82, 2.24) is 24.8 Å². The van der Waals surface area contributed by atoms with Crippen LogP contribution in [0.3, 0.4) is 0 Å². The number of fused-ring (bicyclic) bond motifs is 1. The van der Waals surface area contributed by atoms with Gasteiger partial charge in [0.25, 0.3) is 0 Å². The van der Waals surface area contributed by atoms with Gasteiger partial charge in [0.05, 0.1) is 5.39 Å². The lowest BCUT2D eigenvalue weighted by molar-refractivity contribution is -0.0542. The minimum atomic E-state index is -1.03. The van der Waals surface area contributed by atoms with E-state index in [0.29, 0.717) is 22.7 Å². The van der Waals surface area contributed by atoms with Gasteiger partial charge in [0.15, 0.2) is 6.23 Å². The molecule has 0 bridgehead atoms. The van der Waals surface area contributed by atoms with Crippen LogP contribution in [-0.4, -0.2) is 79.7 Å². The lowest BCUT2D eigenvalue weighted by Gasteiger charge is -2.43. The summed E-state index contributed by atoms with van der Waals surface area (Å²) in [5, 5.41) is 25.9. The summed E-state index contributed by atoms with van der Waals surface area (Å²) in [6, 6.07) is 1.80. The number of aromatic nitrogens is 3. The Morgan fingerprint density at radius 2 is 2.04 bits per heavy atom. The average Bonchev–Trinajstić information content (AvgIpc) is 3.37. The van der Waals surface area contributed by atoms with Crippen LogP contribution >= 0.6 is 11.6 Å². The van der Waals surface area contributed by atoms with E-state index >= 15 is 0 Å². The summed E-state index contributed by atoms with van der Waals surface area (Å²) < 4.78 is 7.91. The number of hydrogen-bond donors (Lipinski definition) is 3. The highest BCUT2D eigenvalue weighted by Crippen LogP contribution is 2.39. The van der Waals surface area contributed by atoms with Gasteiger partial charge in [0, 0.05) is 18.3 Å². The Labute approximate surface area is 168 Å².